The summed E-state index contributed by atoms with van der Waals surface area (Å²) in [5.41, 5.74) is 1.75. The second-order valence-electron chi connectivity index (χ2n) is 6.52. The molecule has 3 aromatic rings. The Morgan fingerprint density at radius 3 is 2.44 bits per heavy atom. The van der Waals surface area contributed by atoms with Gasteiger partial charge in [-0.1, -0.05) is 41.4 Å². The molecule has 0 unspecified atom stereocenters. The van der Waals surface area contributed by atoms with Crippen LogP contribution in [0.3, 0.4) is 0 Å². The molecule has 0 N–H and O–H groups in total. The van der Waals surface area contributed by atoms with E-state index in [1.807, 2.05) is 0 Å². The van der Waals surface area contributed by atoms with Crippen molar-refractivity contribution < 1.29 is 27.8 Å². The molecule has 0 aromatic heterocycles. The van der Waals surface area contributed by atoms with Crippen LogP contribution in [0, 0.1) is 0 Å². The number of alkyl halides is 2. The van der Waals surface area contributed by atoms with Crippen molar-refractivity contribution in [3.8, 4) is 17.2 Å². The minimum absolute atomic E-state index is 0.0219. The summed E-state index contributed by atoms with van der Waals surface area (Å²) in [4.78, 5) is 12.5. The number of carbonyl (C=O) groups is 1. The van der Waals surface area contributed by atoms with Crippen LogP contribution in [0.25, 0.3) is 6.08 Å². The minimum atomic E-state index is -2.92. The molecule has 3 rings (SSSR count). The Morgan fingerprint density at radius 1 is 1.03 bits per heavy atom. The van der Waals surface area contributed by atoms with Crippen molar-refractivity contribution in [3.63, 3.8) is 0 Å². The van der Waals surface area contributed by atoms with Crippen molar-refractivity contribution in [3.05, 3.63) is 93.5 Å². The molecule has 32 heavy (non-hydrogen) atoms. The van der Waals surface area contributed by atoms with Crippen LogP contribution in [0.15, 0.2) is 66.7 Å². The van der Waals surface area contributed by atoms with E-state index in [1.165, 1.54) is 37.5 Å². The first-order valence-electron chi connectivity index (χ1n) is 9.38. The van der Waals surface area contributed by atoms with E-state index in [2.05, 4.69) is 4.74 Å². The highest BCUT2D eigenvalue weighted by Gasteiger charge is 2.11. The molecule has 0 saturated carbocycles. The first-order valence-corrected chi connectivity index (χ1v) is 10.1. The molecule has 0 aliphatic carbocycles. The third-order valence-electron chi connectivity index (χ3n) is 4.37. The average Bonchev–Trinajstić information content (AvgIpc) is 2.78. The van der Waals surface area contributed by atoms with Gasteiger partial charge in [-0.05, 0) is 60.2 Å². The smallest absolute Gasteiger partial charge is 0.387 e. The van der Waals surface area contributed by atoms with E-state index in [-0.39, 0.29) is 18.1 Å². The Bertz CT molecular complexity index is 1120. The number of rotatable bonds is 9. The fourth-order valence-electron chi connectivity index (χ4n) is 2.83. The molecule has 166 valence electrons. The van der Waals surface area contributed by atoms with Crippen LogP contribution in [0.2, 0.25) is 10.0 Å². The standard InChI is InChI=1S/C24H18Cl2F2O4/c1-30-22-4-2-3-17(23(22)31-14-15-5-11-19(25)20(26)13-15)8-12-21(29)16-6-9-18(10-7-16)32-24(27)28/h2-13,24H,14H2,1H3/b12-8+. The molecule has 3 aromatic carbocycles. The predicted octanol–water partition coefficient (Wildman–Crippen LogP) is 7.08. The van der Waals surface area contributed by atoms with Gasteiger partial charge in [-0.15, -0.1) is 0 Å². The number of halogens is 4. The lowest BCUT2D eigenvalue weighted by Gasteiger charge is -2.14. The molecule has 0 radical (unpaired) electrons. The van der Waals surface area contributed by atoms with Gasteiger partial charge in [0.15, 0.2) is 17.3 Å². The maximum absolute atomic E-state index is 12.5. The first-order chi connectivity index (χ1) is 15.4. The number of ether oxygens (including phenoxy) is 3. The van der Waals surface area contributed by atoms with Gasteiger partial charge in [0.2, 0.25) is 0 Å². The lowest BCUT2D eigenvalue weighted by atomic mass is 10.1. The van der Waals surface area contributed by atoms with E-state index in [1.54, 1.807) is 42.5 Å². The molecule has 4 nitrogen and oxygen atoms in total. The Kier molecular flexibility index (Phi) is 8.09. The summed E-state index contributed by atoms with van der Waals surface area (Å²) < 4.78 is 40.2. The van der Waals surface area contributed by atoms with E-state index in [4.69, 9.17) is 32.7 Å². The highest BCUT2D eigenvalue weighted by Crippen LogP contribution is 2.33. The molecule has 0 atom stereocenters. The lowest BCUT2D eigenvalue weighted by molar-refractivity contribution is -0.0498. The molecule has 0 spiro atoms. The quantitative estimate of drug-likeness (QED) is 0.243. The van der Waals surface area contributed by atoms with Crippen LogP contribution in [0.1, 0.15) is 21.5 Å². The van der Waals surface area contributed by atoms with E-state index >= 15 is 0 Å². The van der Waals surface area contributed by atoms with Crippen molar-refractivity contribution in [2.75, 3.05) is 7.11 Å². The molecular weight excluding hydrogens is 461 g/mol. The number of para-hydroxylation sites is 1. The number of methoxy groups -OCH3 is 1. The van der Waals surface area contributed by atoms with Crippen LogP contribution in [0.4, 0.5) is 8.78 Å². The topological polar surface area (TPSA) is 44.8 Å². The van der Waals surface area contributed by atoms with Gasteiger partial charge in [-0.25, -0.2) is 0 Å². The van der Waals surface area contributed by atoms with Gasteiger partial charge >= 0.3 is 6.61 Å². The monoisotopic (exact) mass is 478 g/mol. The van der Waals surface area contributed by atoms with Crippen LogP contribution in [-0.4, -0.2) is 19.5 Å². The maximum atomic E-state index is 12.5. The zero-order chi connectivity index (χ0) is 23.1. The average molecular weight is 479 g/mol. The van der Waals surface area contributed by atoms with Gasteiger partial charge in [0, 0.05) is 11.1 Å². The molecular formula is C24H18Cl2F2O4. The van der Waals surface area contributed by atoms with Crippen LogP contribution < -0.4 is 14.2 Å². The van der Waals surface area contributed by atoms with Crippen LogP contribution in [0.5, 0.6) is 17.2 Å². The molecule has 0 bridgehead atoms. The molecule has 0 aliphatic heterocycles. The lowest BCUT2D eigenvalue weighted by Crippen LogP contribution is -2.02. The summed E-state index contributed by atoms with van der Waals surface area (Å²) >= 11 is 12.0. The fraction of sp³-hybridized carbons (Fsp3) is 0.125. The number of allylic oxidation sites excluding steroid dienone is 1. The highest BCUT2D eigenvalue weighted by molar-refractivity contribution is 6.42. The highest BCUT2D eigenvalue weighted by atomic mass is 35.5. The molecule has 0 saturated heterocycles. The van der Waals surface area contributed by atoms with Gasteiger partial charge < -0.3 is 14.2 Å². The number of benzene rings is 3. The largest absolute Gasteiger partial charge is 0.493 e. The Morgan fingerprint density at radius 2 is 1.78 bits per heavy atom. The summed E-state index contributed by atoms with van der Waals surface area (Å²) in [6.07, 6.45) is 2.96. The first kappa shape index (κ1) is 23.6. The van der Waals surface area contributed by atoms with E-state index in [9.17, 15) is 13.6 Å². The zero-order valence-corrected chi connectivity index (χ0v) is 18.4. The molecule has 0 amide bonds. The van der Waals surface area contributed by atoms with E-state index in [0.29, 0.717) is 32.7 Å². The fourth-order valence-corrected chi connectivity index (χ4v) is 3.15. The number of carbonyl (C=O) groups excluding carboxylic acids is 1. The summed E-state index contributed by atoms with van der Waals surface area (Å²) in [7, 11) is 1.52. The normalized spacial score (nSPS) is 11.1. The van der Waals surface area contributed by atoms with Crippen molar-refractivity contribution in [1.29, 1.82) is 0 Å². The van der Waals surface area contributed by atoms with Crippen LogP contribution in [-0.2, 0) is 6.61 Å². The van der Waals surface area contributed by atoms with Crippen molar-refractivity contribution in [2.24, 2.45) is 0 Å². The summed E-state index contributed by atoms with van der Waals surface area (Å²) in [5, 5.41) is 0.868. The van der Waals surface area contributed by atoms with Crippen LogP contribution >= 0.6 is 23.2 Å². The SMILES string of the molecule is COc1cccc(/C=C/C(=O)c2ccc(OC(F)F)cc2)c1OCc1ccc(Cl)c(Cl)c1. The molecule has 0 fully saturated rings. The van der Waals surface area contributed by atoms with Gasteiger partial charge in [0.1, 0.15) is 12.4 Å². The molecule has 0 heterocycles. The van der Waals surface area contributed by atoms with Gasteiger partial charge in [0.05, 0.1) is 17.2 Å². The third-order valence-corrected chi connectivity index (χ3v) is 5.11. The second kappa shape index (κ2) is 11.0. The van der Waals surface area contributed by atoms with Gasteiger partial charge in [-0.2, -0.15) is 8.78 Å². The van der Waals surface area contributed by atoms with Gasteiger partial charge in [-0.3, -0.25) is 4.79 Å². The molecule has 8 heteroatoms. The van der Waals surface area contributed by atoms with Crippen molar-refractivity contribution in [1.82, 2.24) is 0 Å². The predicted molar refractivity (Wildman–Crippen MR) is 120 cm³/mol. The third kappa shape index (κ3) is 6.22. The second-order valence-corrected chi connectivity index (χ2v) is 7.33. The number of ketones is 1. The Balaban J connectivity index is 1.77. The number of hydrogen-bond donors (Lipinski definition) is 0. The van der Waals surface area contributed by atoms with E-state index < -0.39 is 6.61 Å². The minimum Gasteiger partial charge on any atom is -0.493 e. The van der Waals surface area contributed by atoms with E-state index in [0.717, 1.165) is 5.56 Å². The van der Waals surface area contributed by atoms with Crippen molar-refractivity contribution >= 4 is 35.1 Å². The summed E-state index contributed by atoms with van der Waals surface area (Å²) in [6.45, 7) is -2.72. The zero-order valence-electron chi connectivity index (χ0n) is 16.9. The summed E-state index contributed by atoms with van der Waals surface area (Å²) in [5.74, 6) is 0.608. The molecule has 0 aliphatic rings. The van der Waals surface area contributed by atoms with Gasteiger partial charge in [0.25, 0.3) is 0 Å². The Labute approximate surface area is 193 Å². The maximum Gasteiger partial charge on any atom is 0.387 e. The summed E-state index contributed by atoms with van der Waals surface area (Å²) in [6, 6.07) is 15.9. The number of hydrogen-bond acceptors (Lipinski definition) is 4. The Hall–Kier alpha value is -3.09. The van der Waals surface area contributed by atoms with Crippen molar-refractivity contribution in [2.45, 2.75) is 13.2 Å².